The molecule has 4 aliphatic carbocycles. The minimum atomic E-state index is -5.77. The number of fused-ring (bicyclic) bond motifs is 5. The van der Waals surface area contributed by atoms with E-state index in [0.717, 1.165) is 25.7 Å². The molecule has 0 aromatic rings. The Bertz CT molecular complexity index is 1200. The summed E-state index contributed by atoms with van der Waals surface area (Å²) in [6, 6.07) is 0. The smallest absolute Gasteiger partial charge is 0.405 e. The van der Waals surface area contributed by atoms with E-state index < -0.39 is 39.0 Å². The number of carbonyl (C=O) groups excluding carboxylic acids is 4. The minimum Gasteiger partial charge on any atom is -0.465 e. The van der Waals surface area contributed by atoms with Crippen molar-refractivity contribution in [2.75, 3.05) is 0 Å². The van der Waals surface area contributed by atoms with E-state index in [9.17, 15) is 36.4 Å². The van der Waals surface area contributed by atoms with Gasteiger partial charge in [0.1, 0.15) is 18.3 Å². The van der Waals surface area contributed by atoms with Crippen molar-refractivity contribution in [1.82, 2.24) is 0 Å². The molecule has 12 atom stereocenters. The number of hydrogen-bond acceptors (Lipinski definition) is 10. The van der Waals surface area contributed by atoms with Gasteiger partial charge in [-0.05, 0) is 93.3 Å². The van der Waals surface area contributed by atoms with Gasteiger partial charge in [0.2, 0.25) is 0 Å². The van der Waals surface area contributed by atoms with Crippen molar-refractivity contribution in [1.29, 1.82) is 0 Å². The molecule has 4 rings (SSSR count). The summed E-state index contributed by atoms with van der Waals surface area (Å²) in [6.07, 6.45) is 1.57. The average molecular weight is 651 g/mol. The summed E-state index contributed by atoms with van der Waals surface area (Å²) in [6.45, 7) is 8.42. The molecule has 4 fully saturated rings. The monoisotopic (exact) mass is 650 g/mol. The summed E-state index contributed by atoms with van der Waals surface area (Å²) in [5.74, 6) is -0.901. The first-order chi connectivity index (χ1) is 20.6. The molecule has 0 saturated heterocycles. The van der Waals surface area contributed by atoms with Gasteiger partial charge in [-0.2, -0.15) is 17.2 Å². The highest BCUT2D eigenvalue weighted by atomic mass is 32.2. The second-order valence-electron chi connectivity index (χ2n) is 13.8. The lowest BCUT2D eigenvalue weighted by Gasteiger charge is -2.64. The van der Waals surface area contributed by atoms with Gasteiger partial charge in [-0.25, -0.2) is 0 Å². The van der Waals surface area contributed by atoms with Crippen LogP contribution in [0.1, 0.15) is 85.5 Å². The van der Waals surface area contributed by atoms with E-state index in [1.807, 2.05) is 6.92 Å². The van der Waals surface area contributed by atoms with Gasteiger partial charge in [-0.15, -0.1) is 0 Å². The Morgan fingerprint density at radius 3 is 2.25 bits per heavy atom. The maximum Gasteiger partial charge on any atom is 0.405 e. The summed E-state index contributed by atoms with van der Waals surface area (Å²) in [5, 5.41) is -4.64. The van der Waals surface area contributed by atoms with Crippen LogP contribution in [-0.4, -0.2) is 68.0 Å². The maximum absolute atomic E-state index is 13.9. The predicted molar refractivity (Wildman–Crippen MR) is 149 cm³/mol. The second kappa shape index (κ2) is 12.8. The molecule has 0 spiro atoms. The SMILES string of the molecule is CC(CCC(=O)OC(C)C(F)(F)S(=O)(=O)O)[C@H]1CC[C@H]2[C@@H]3[C@H](OC=O)C[C@@H]4C[C@H](OC=O)CC[C@]4(C)[C@H]3C[C@H](OC=O)[C@]12C. The van der Waals surface area contributed by atoms with Gasteiger partial charge < -0.3 is 18.9 Å². The Balaban J connectivity index is 1.54. The fourth-order valence-electron chi connectivity index (χ4n) is 9.83. The lowest BCUT2D eigenvalue weighted by atomic mass is 9.43. The van der Waals surface area contributed by atoms with E-state index >= 15 is 0 Å². The molecule has 11 nitrogen and oxygen atoms in total. The summed E-state index contributed by atoms with van der Waals surface area (Å²) in [7, 11) is -5.77. The van der Waals surface area contributed by atoms with E-state index in [2.05, 4.69) is 18.6 Å². The number of esters is 1. The Morgan fingerprint density at radius 1 is 0.977 bits per heavy atom. The van der Waals surface area contributed by atoms with Crippen molar-refractivity contribution in [2.24, 2.45) is 46.3 Å². The van der Waals surface area contributed by atoms with Crippen LogP contribution in [0.2, 0.25) is 0 Å². The molecule has 0 bridgehead atoms. The molecule has 0 aromatic carbocycles. The molecule has 0 amide bonds. The zero-order valence-corrected chi connectivity index (χ0v) is 26.4. The third kappa shape index (κ3) is 5.96. The Labute approximate surface area is 256 Å². The molecule has 0 aliphatic heterocycles. The average Bonchev–Trinajstić information content (AvgIpc) is 3.30. The number of carbonyl (C=O) groups is 4. The van der Waals surface area contributed by atoms with E-state index in [0.29, 0.717) is 45.6 Å². The molecule has 0 aromatic heterocycles. The van der Waals surface area contributed by atoms with Gasteiger partial charge in [0.25, 0.3) is 19.4 Å². The van der Waals surface area contributed by atoms with Crippen molar-refractivity contribution >= 4 is 35.5 Å². The Kier molecular flexibility index (Phi) is 10.0. The zero-order valence-electron chi connectivity index (χ0n) is 25.6. The van der Waals surface area contributed by atoms with E-state index in [-0.39, 0.29) is 66.0 Å². The summed E-state index contributed by atoms with van der Waals surface area (Å²) >= 11 is 0. The quantitative estimate of drug-likeness (QED) is 0.131. The first-order valence-electron chi connectivity index (χ1n) is 15.4. The van der Waals surface area contributed by atoms with Crippen molar-refractivity contribution in [3.8, 4) is 0 Å². The number of alkyl halides is 2. The molecule has 4 saturated carbocycles. The van der Waals surface area contributed by atoms with Crippen molar-refractivity contribution in [3.05, 3.63) is 0 Å². The van der Waals surface area contributed by atoms with Crippen molar-refractivity contribution < 1.29 is 59.9 Å². The predicted octanol–water partition coefficient (Wildman–Crippen LogP) is 4.32. The highest BCUT2D eigenvalue weighted by Gasteiger charge is 2.67. The van der Waals surface area contributed by atoms with E-state index in [1.54, 1.807) is 0 Å². The van der Waals surface area contributed by atoms with Crippen LogP contribution in [0.15, 0.2) is 0 Å². The van der Waals surface area contributed by atoms with Crippen LogP contribution in [0.25, 0.3) is 0 Å². The van der Waals surface area contributed by atoms with Crippen LogP contribution in [0.5, 0.6) is 0 Å². The molecule has 2 unspecified atom stereocenters. The highest BCUT2D eigenvalue weighted by Crippen LogP contribution is 2.69. The van der Waals surface area contributed by atoms with Gasteiger partial charge in [0, 0.05) is 17.8 Å². The zero-order chi connectivity index (χ0) is 32.7. The third-order valence-electron chi connectivity index (χ3n) is 12.1. The van der Waals surface area contributed by atoms with Gasteiger partial charge in [-0.3, -0.25) is 23.7 Å². The lowest BCUT2D eigenvalue weighted by Crippen LogP contribution is -2.63. The standard InChI is InChI=1S/C30H44F2O11S/c1-17(5-8-26(36)43-18(2)30(31,32)44(37,38)39)21-6-7-22-27-23(13-25(42-16-35)29(21,22)4)28(3)10-9-20(40-14-33)11-19(28)12-24(27)41-15-34/h14-25,27H,5-13H2,1-4H3,(H,37,38,39)/t17?,18?,19-,20+,21+,22-,23-,24+,25-,27-,28-,29+/m0/s1. The van der Waals surface area contributed by atoms with Crippen LogP contribution >= 0.6 is 0 Å². The normalized spacial score (nSPS) is 39.8. The molecular weight excluding hydrogens is 606 g/mol. The topological polar surface area (TPSA) is 160 Å². The molecule has 4 aliphatic rings. The molecule has 14 heteroatoms. The molecule has 44 heavy (non-hydrogen) atoms. The summed E-state index contributed by atoms with van der Waals surface area (Å²) in [5.41, 5.74) is -0.668. The maximum atomic E-state index is 13.9. The molecule has 1 N–H and O–H groups in total. The van der Waals surface area contributed by atoms with Gasteiger partial charge in [0.05, 0.1) is 0 Å². The number of halogens is 2. The summed E-state index contributed by atoms with van der Waals surface area (Å²) < 4.78 is 80.1. The van der Waals surface area contributed by atoms with Gasteiger partial charge >= 0.3 is 21.3 Å². The lowest BCUT2D eigenvalue weighted by molar-refractivity contribution is -0.218. The fraction of sp³-hybridized carbons (Fsp3) is 0.867. The number of ether oxygens (including phenoxy) is 4. The first-order valence-corrected chi connectivity index (χ1v) is 16.8. The molecule has 250 valence electrons. The van der Waals surface area contributed by atoms with Crippen LogP contribution in [0.4, 0.5) is 8.78 Å². The van der Waals surface area contributed by atoms with Crippen LogP contribution in [-0.2, 0) is 48.2 Å². The summed E-state index contributed by atoms with van der Waals surface area (Å²) in [4.78, 5) is 47.0. The molecular formula is C30H44F2O11S. The Hall–Kier alpha value is -2.35. The number of rotatable bonds is 13. The van der Waals surface area contributed by atoms with Gasteiger partial charge in [-0.1, -0.05) is 20.8 Å². The third-order valence-corrected chi connectivity index (χ3v) is 13.1. The minimum absolute atomic E-state index is 0.00664. The molecule has 0 radical (unpaired) electrons. The van der Waals surface area contributed by atoms with E-state index in [4.69, 9.17) is 18.8 Å². The van der Waals surface area contributed by atoms with Crippen molar-refractivity contribution in [2.45, 2.75) is 115 Å². The highest BCUT2D eigenvalue weighted by molar-refractivity contribution is 7.86. The van der Waals surface area contributed by atoms with Crippen LogP contribution in [0.3, 0.4) is 0 Å². The van der Waals surface area contributed by atoms with E-state index in [1.165, 1.54) is 0 Å². The Morgan fingerprint density at radius 2 is 1.64 bits per heavy atom. The van der Waals surface area contributed by atoms with Gasteiger partial charge in [0.15, 0.2) is 6.10 Å². The largest absolute Gasteiger partial charge is 0.465 e. The number of hydrogen-bond donors (Lipinski definition) is 1. The first kappa shape index (κ1) is 34.5. The molecule has 0 heterocycles. The fourth-order valence-corrected chi connectivity index (χ4v) is 10.3. The second-order valence-corrected chi connectivity index (χ2v) is 15.3. The van der Waals surface area contributed by atoms with Crippen LogP contribution in [0, 0.1) is 46.3 Å². The van der Waals surface area contributed by atoms with Crippen LogP contribution < -0.4 is 0 Å². The van der Waals surface area contributed by atoms with Crippen molar-refractivity contribution in [3.63, 3.8) is 0 Å².